The summed E-state index contributed by atoms with van der Waals surface area (Å²) in [6.07, 6.45) is 2.65. The van der Waals surface area contributed by atoms with Gasteiger partial charge in [-0.3, -0.25) is 4.79 Å². The van der Waals surface area contributed by atoms with E-state index in [9.17, 15) is 13.2 Å². The predicted molar refractivity (Wildman–Crippen MR) is 94.9 cm³/mol. The lowest BCUT2D eigenvalue weighted by Crippen LogP contribution is -2.44. The maximum atomic E-state index is 12.4. The Bertz CT molecular complexity index is 843. The molecule has 6 heteroatoms. The maximum Gasteiger partial charge on any atom is 0.224 e. The van der Waals surface area contributed by atoms with E-state index in [4.69, 9.17) is 0 Å². The topological polar surface area (TPSA) is 66.5 Å². The molecule has 1 N–H and O–H groups in total. The number of hydrogen-bond acceptors (Lipinski definition) is 3. The van der Waals surface area contributed by atoms with Crippen LogP contribution in [0.2, 0.25) is 0 Å². The number of piperidine rings is 1. The molecule has 1 aliphatic rings. The van der Waals surface area contributed by atoms with Crippen molar-refractivity contribution in [1.82, 2.24) is 9.62 Å². The molecule has 0 aliphatic carbocycles. The van der Waals surface area contributed by atoms with Gasteiger partial charge in [0.25, 0.3) is 0 Å². The summed E-state index contributed by atoms with van der Waals surface area (Å²) in [6, 6.07) is 14.1. The summed E-state index contributed by atoms with van der Waals surface area (Å²) >= 11 is 0. The first-order chi connectivity index (χ1) is 11.4. The fourth-order valence-electron chi connectivity index (χ4n) is 3.23. The summed E-state index contributed by atoms with van der Waals surface area (Å²) in [7, 11) is -3.23. The van der Waals surface area contributed by atoms with Crippen molar-refractivity contribution < 1.29 is 13.2 Å². The number of nitrogens with zero attached hydrogens (tertiary/aromatic N) is 1. The fraction of sp³-hybridized carbons (Fsp3) is 0.389. The molecule has 5 nitrogen and oxygen atoms in total. The second kappa shape index (κ2) is 6.91. The number of rotatable bonds is 4. The van der Waals surface area contributed by atoms with Crippen molar-refractivity contribution in [1.29, 1.82) is 0 Å². The van der Waals surface area contributed by atoms with Gasteiger partial charge < -0.3 is 5.32 Å². The number of fused-ring (bicyclic) bond motifs is 1. The van der Waals surface area contributed by atoms with E-state index < -0.39 is 10.0 Å². The molecule has 1 atom stereocenters. The summed E-state index contributed by atoms with van der Waals surface area (Å²) in [4.78, 5) is 12.4. The molecule has 0 saturated carbocycles. The molecule has 2 aromatic carbocycles. The first-order valence-corrected chi connectivity index (χ1v) is 9.99. The molecule has 0 aromatic heterocycles. The van der Waals surface area contributed by atoms with Gasteiger partial charge in [0.05, 0.1) is 12.2 Å². The Kier molecular flexibility index (Phi) is 4.87. The molecule has 0 unspecified atom stereocenters. The number of nitrogens with one attached hydrogen (secondary N) is 1. The summed E-state index contributed by atoms with van der Waals surface area (Å²) < 4.78 is 24.8. The van der Waals surface area contributed by atoms with E-state index in [1.807, 2.05) is 42.5 Å². The number of carbonyl (C=O) groups excluding carboxylic acids is 1. The molecular formula is C18H22N2O3S. The van der Waals surface area contributed by atoms with E-state index in [0.29, 0.717) is 13.1 Å². The highest BCUT2D eigenvalue weighted by molar-refractivity contribution is 7.88. The average molecular weight is 346 g/mol. The van der Waals surface area contributed by atoms with Crippen molar-refractivity contribution >= 4 is 26.7 Å². The van der Waals surface area contributed by atoms with E-state index in [1.54, 1.807) is 0 Å². The third kappa shape index (κ3) is 3.76. The lowest BCUT2D eigenvalue weighted by atomic mass is 9.98. The number of amides is 1. The van der Waals surface area contributed by atoms with Gasteiger partial charge in [0.2, 0.25) is 15.9 Å². The van der Waals surface area contributed by atoms with Crippen molar-refractivity contribution in [2.75, 3.05) is 19.3 Å². The standard InChI is InChI=1S/C18H22N2O3S/c1-24(22,23)20-11-5-9-16(13-20)18(21)19-12-15-8-4-7-14-6-2-3-10-17(14)15/h2-4,6-8,10,16H,5,9,11-13H2,1H3,(H,19,21)/t16-/m0/s1. The molecule has 128 valence electrons. The Morgan fingerprint density at radius 1 is 1.21 bits per heavy atom. The summed E-state index contributed by atoms with van der Waals surface area (Å²) in [6.45, 7) is 1.24. The zero-order chi connectivity index (χ0) is 17.2. The van der Waals surface area contributed by atoms with Crippen molar-refractivity contribution in [2.45, 2.75) is 19.4 Å². The SMILES string of the molecule is CS(=O)(=O)N1CCC[C@H](C(=O)NCc2cccc3ccccc23)C1. The van der Waals surface area contributed by atoms with Crippen molar-refractivity contribution in [2.24, 2.45) is 5.92 Å². The molecule has 1 fully saturated rings. The number of hydrogen-bond donors (Lipinski definition) is 1. The van der Waals surface area contributed by atoms with Crippen molar-refractivity contribution in [3.8, 4) is 0 Å². The highest BCUT2D eigenvalue weighted by atomic mass is 32.2. The molecular weight excluding hydrogens is 324 g/mol. The normalized spacial score (nSPS) is 19.3. The van der Waals surface area contributed by atoms with Crippen molar-refractivity contribution in [3.63, 3.8) is 0 Å². The number of sulfonamides is 1. The summed E-state index contributed by atoms with van der Waals surface area (Å²) in [5, 5.41) is 5.24. The Morgan fingerprint density at radius 2 is 1.96 bits per heavy atom. The zero-order valence-corrected chi connectivity index (χ0v) is 14.6. The molecule has 0 radical (unpaired) electrons. The third-order valence-corrected chi connectivity index (χ3v) is 5.83. The Labute approximate surface area is 142 Å². The quantitative estimate of drug-likeness (QED) is 0.922. The number of benzene rings is 2. The first kappa shape index (κ1) is 16.9. The van der Waals surface area contributed by atoms with Gasteiger partial charge >= 0.3 is 0 Å². The molecule has 24 heavy (non-hydrogen) atoms. The van der Waals surface area contributed by atoms with Crippen LogP contribution in [-0.2, 0) is 21.4 Å². The zero-order valence-electron chi connectivity index (χ0n) is 13.7. The molecule has 3 rings (SSSR count). The van der Waals surface area contributed by atoms with E-state index in [0.717, 1.165) is 29.2 Å². The van der Waals surface area contributed by atoms with Crippen LogP contribution >= 0.6 is 0 Å². The predicted octanol–water partition coefficient (Wildman–Crippen LogP) is 2.13. The molecule has 1 heterocycles. The molecule has 1 saturated heterocycles. The van der Waals surface area contributed by atoms with E-state index in [1.165, 1.54) is 10.6 Å². The van der Waals surface area contributed by atoms with Crippen LogP contribution in [-0.4, -0.2) is 38.0 Å². The maximum absolute atomic E-state index is 12.4. The lowest BCUT2D eigenvalue weighted by Gasteiger charge is -2.30. The minimum absolute atomic E-state index is 0.0729. The van der Waals surface area contributed by atoms with Gasteiger partial charge in [-0.25, -0.2) is 12.7 Å². The van der Waals surface area contributed by atoms with Crippen LogP contribution in [0.15, 0.2) is 42.5 Å². The van der Waals surface area contributed by atoms with E-state index in [2.05, 4.69) is 5.32 Å². The second-order valence-electron chi connectivity index (χ2n) is 6.32. The Morgan fingerprint density at radius 3 is 2.75 bits per heavy atom. The highest BCUT2D eigenvalue weighted by Crippen LogP contribution is 2.20. The van der Waals surface area contributed by atoms with Crippen LogP contribution in [0, 0.1) is 5.92 Å². The van der Waals surface area contributed by atoms with Crippen LogP contribution in [0.3, 0.4) is 0 Å². The molecule has 2 aromatic rings. The van der Waals surface area contributed by atoms with Gasteiger partial charge in [0, 0.05) is 19.6 Å². The van der Waals surface area contributed by atoms with E-state index in [-0.39, 0.29) is 18.4 Å². The fourth-order valence-corrected chi connectivity index (χ4v) is 4.14. The van der Waals surface area contributed by atoms with Crippen LogP contribution in [0.25, 0.3) is 10.8 Å². The largest absolute Gasteiger partial charge is 0.352 e. The average Bonchev–Trinajstić information content (AvgIpc) is 2.59. The minimum atomic E-state index is -3.23. The minimum Gasteiger partial charge on any atom is -0.352 e. The smallest absolute Gasteiger partial charge is 0.224 e. The Hall–Kier alpha value is -1.92. The van der Waals surface area contributed by atoms with Crippen LogP contribution in [0.5, 0.6) is 0 Å². The van der Waals surface area contributed by atoms with Crippen molar-refractivity contribution in [3.05, 3.63) is 48.0 Å². The van der Waals surface area contributed by atoms with Gasteiger partial charge in [-0.1, -0.05) is 42.5 Å². The summed E-state index contributed by atoms with van der Waals surface area (Å²) in [5.74, 6) is -0.347. The van der Waals surface area contributed by atoms with Crippen LogP contribution in [0.4, 0.5) is 0 Å². The highest BCUT2D eigenvalue weighted by Gasteiger charge is 2.29. The molecule has 0 spiro atoms. The van der Waals surface area contributed by atoms with Crippen LogP contribution in [0.1, 0.15) is 18.4 Å². The molecule has 1 amide bonds. The molecule has 1 aliphatic heterocycles. The van der Waals surface area contributed by atoms with Gasteiger partial charge in [-0.15, -0.1) is 0 Å². The van der Waals surface area contributed by atoms with E-state index >= 15 is 0 Å². The molecule has 0 bridgehead atoms. The van der Waals surface area contributed by atoms with Gasteiger partial charge in [-0.2, -0.15) is 0 Å². The lowest BCUT2D eigenvalue weighted by molar-refractivity contribution is -0.126. The van der Waals surface area contributed by atoms with Crippen LogP contribution < -0.4 is 5.32 Å². The van der Waals surface area contributed by atoms with Gasteiger partial charge in [-0.05, 0) is 29.2 Å². The summed E-state index contributed by atoms with van der Waals surface area (Å²) in [5.41, 5.74) is 1.07. The number of carbonyl (C=O) groups is 1. The monoisotopic (exact) mass is 346 g/mol. The third-order valence-electron chi connectivity index (χ3n) is 4.56. The second-order valence-corrected chi connectivity index (χ2v) is 8.30. The Balaban J connectivity index is 1.67. The first-order valence-electron chi connectivity index (χ1n) is 8.14. The van der Waals surface area contributed by atoms with Gasteiger partial charge in [0.15, 0.2) is 0 Å². The van der Waals surface area contributed by atoms with Gasteiger partial charge in [0.1, 0.15) is 0 Å².